The SMILES string of the molecule is O=S(=O)(NCc1ccccc1)c1ccc(Cl)c(CO)c1Cl. The Bertz CT molecular complexity index is 733. The van der Waals surface area contributed by atoms with E-state index >= 15 is 0 Å². The molecule has 2 N–H and O–H groups in total. The van der Waals surface area contributed by atoms with E-state index in [0.29, 0.717) is 0 Å². The molecule has 0 amide bonds. The minimum atomic E-state index is -3.79. The smallest absolute Gasteiger partial charge is 0.242 e. The Morgan fingerprint density at radius 1 is 1.05 bits per heavy atom. The summed E-state index contributed by atoms with van der Waals surface area (Å²) in [6.07, 6.45) is 0. The van der Waals surface area contributed by atoms with Gasteiger partial charge in [0.05, 0.1) is 11.6 Å². The molecule has 0 aliphatic carbocycles. The predicted molar refractivity (Wildman–Crippen MR) is 82.9 cm³/mol. The van der Waals surface area contributed by atoms with Gasteiger partial charge in [0, 0.05) is 17.1 Å². The van der Waals surface area contributed by atoms with Gasteiger partial charge in [0.1, 0.15) is 4.90 Å². The molecule has 0 aliphatic rings. The van der Waals surface area contributed by atoms with Crippen LogP contribution in [0.2, 0.25) is 10.0 Å². The van der Waals surface area contributed by atoms with E-state index in [2.05, 4.69) is 4.72 Å². The average molecular weight is 346 g/mol. The molecule has 2 rings (SSSR count). The first-order valence-electron chi connectivity index (χ1n) is 6.07. The first kappa shape index (κ1) is 16.3. The van der Waals surface area contributed by atoms with Crippen molar-refractivity contribution in [1.82, 2.24) is 4.72 Å². The summed E-state index contributed by atoms with van der Waals surface area (Å²) in [7, 11) is -3.79. The lowest BCUT2D eigenvalue weighted by Crippen LogP contribution is -2.23. The van der Waals surface area contributed by atoms with Crippen LogP contribution in [0.15, 0.2) is 47.4 Å². The lowest BCUT2D eigenvalue weighted by atomic mass is 10.2. The molecule has 0 heterocycles. The van der Waals surface area contributed by atoms with Gasteiger partial charge >= 0.3 is 0 Å². The molecule has 0 atom stereocenters. The van der Waals surface area contributed by atoms with Crippen LogP contribution in [0, 0.1) is 0 Å². The zero-order chi connectivity index (χ0) is 15.5. The van der Waals surface area contributed by atoms with Crippen molar-refractivity contribution in [1.29, 1.82) is 0 Å². The number of aliphatic hydroxyl groups is 1. The molecule has 112 valence electrons. The topological polar surface area (TPSA) is 66.4 Å². The van der Waals surface area contributed by atoms with Crippen LogP contribution in [0.1, 0.15) is 11.1 Å². The van der Waals surface area contributed by atoms with Crippen LogP contribution in [0.3, 0.4) is 0 Å². The van der Waals surface area contributed by atoms with Crippen LogP contribution < -0.4 is 4.72 Å². The van der Waals surface area contributed by atoms with Gasteiger partial charge in [0.25, 0.3) is 0 Å². The lowest BCUT2D eigenvalue weighted by Gasteiger charge is -2.11. The summed E-state index contributed by atoms with van der Waals surface area (Å²) in [5, 5.41) is 9.38. The highest BCUT2D eigenvalue weighted by atomic mass is 35.5. The normalized spacial score (nSPS) is 11.6. The van der Waals surface area contributed by atoms with Crippen molar-refractivity contribution >= 4 is 33.2 Å². The molecular weight excluding hydrogens is 333 g/mol. The van der Waals surface area contributed by atoms with Gasteiger partial charge in [-0.3, -0.25) is 0 Å². The fourth-order valence-corrected chi connectivity index (χ4v) is 3.69. The molecule has 2 aromatic rings. The van der Waals surface area contributed by atoms with Gasteiger partial charge in [-0.05, 0) is 17.7 Å². The van der Waals surface area contributed by atoms with Crippen molar-refractivity contribution in [2.75, 3.05) is 0 Å². The summed E-state index contributed by atoms with van der Waals surface area (Å²) in [5.74, 6) is 0. The molecule has 0 fully saturated rings. The Morgan fingerprint density at radius 2 is 1.71 bits per heavy atom. The molecule has 7 heteroatoms. The number of sulfonamides is 1. The standard InChI is InChI=1S/C14H13Cl2NO3S/c15-12-6-7-13(14(16)11(12)9-18)21(19,20)17-8-10-4-2-1-3-5-10/h1-7,17-18H,8-9H2. The highest BCUT2D eigenvalue weighted by Gasteiger charge is 2.21. The minimum absolute atomic E-state index is 0.0643. The maximum atomic E-state index is 12.3. The van der Waals surface area contributed by atoms with Crippen molar-refractivity contribution in [3.8, 4) is 0 Å². The van der Waals surface area contributed by atoms with Crippen LogP contribution in [0.25, 0.3) is 0 Å². The highest BCUT2D eigenvalue weighted by Crippen LogP contribution is 2.31. The number of nitrogens with one attached hydrogen (secondary N) is 1. The van der Waals surface area contributed by atoms with Gasteiger partial charge in [-0.15, -0.1) is 0 Å². The van der Waals surface area contributed by atoms with Crippen LogP contribution >= 0.6 is 23.2 Å². The second-order valence-electron chi connectivity index (χ2n) is 4.31. The van der Waals surface area contributed by atoms with E-state index < -0.39 is 16.6 Å². The molecule has 0 unspecified atom stereocenters. The largest absolute Gasteiger partial charge is 0.392 e. The van der Waals surface area contributed by atoms with Crippen LogP contribution in [0.5, 0.6) is 0 Å². The molecule has 21 heavy (non-hydrogen) atoms. The maximum Gasteiger partial charge on any atom is 0.242 e. The van der Waals surface area contributed by atoms with Crippen molar-refractivity contribution in [2.24, 2.45) is 0 Å². The van der Waals surface area contributed by atoms with E-state index in [1.165, 1.54) is 12.1 Å². The first-order valence-corrected chi connectivity index (χ1v) is 8.31. The molecule has 0 bridgehead atoms. The van der Waals surface area contributed by atoms with E-state index in [4.69, 9.17) is 23.2 Å². The lowest BCUT2D eigenvalue weighted by molar-refractivity contribution is 0.281. The monoisotopic (exact) mass is 345 g/mol. The Balaban J connectivity index is 2.28. The van der Waals surface area contributed by atoms with E-state index in [-0.39, 0.29) is 27.0 Å². The van der Waals surface area contributed by atoms with Crippen molar-refractivity contribution < 1.29 is 13.5 Å². The fourth-order valence-electron chi connectivity index (χ4n) is 1.78. The van der Waals surface area contributed by atoms with Gasteiger partial charge in [-0.25, -0.2) is 13.1 Å². The summed E-state index contributed by atoms with van der Waals surface area (Å²) < 4.78 is 27.0. The van der Waals surface area contributed by atoms with Gasteiger partial charge in [0.15, 0.2) is 0 Å². The summed E-state index contributed by atoms with van der Waals surface area (Å²) in [6, 6.07) is 11.8. The number of halogens is 2. The molecule has 4 nitrogen and oxygen atoms in total. The van der Waals surface area contributed by atoms with Crippen LogP contribution in [-0.2, 0) is 23.2 Å². The van der Waals surface area contributed by atoms with Gasteiger partial charge < -0.3 is 5.11 Å². The number of hydrogen-bond donors (Lipinski definition) is 2. The van der Waals surface area contributed by atoms with Crippen molar-refractivity contribution in [3.05, 3.63) is 63.6 Å². The Morgan fingerprint density at radius 3 is 2.33 bits per heavy atom. The summed E-state index contributed by atoms with van der Waals surface area (Å²) in [5.41, 5.74) is 1.02. The van der Waals surface area contributed by atoms with E-state index in [1.54, 1.807) is 0 Å². The van der Waals surface area contributed by atoms with Crippen LogP contribution in [0.4, 0.5) is 0 Å². The average Bonchev–Trinajstić information content (AvgIpc) is 2.46. The summed E-state index contributed by atoms with van der Waals surface area (Å²) in [6.45, 7) is -0.281. The first-order chi connectivity index (χ1) is 9.95. The van der Waals surface area contributed by atoms with E-state index in [1.807, 2.05) is 30.3 Å². The zero-order valence-electron chi connectivity index (χ0n) is 10.9. The Labute approximate surface area is 133 Å². The third kappa shape index (κ3) is 3.75. The Kier molecular flexibility index (Phi) is 5.24. The molecule has 0 saturated carbocycles. The number of rotatable bonds is 5. The number of benzene rings is 2. The maximum absolute atomic E-state index is 12.3. The van der Waals surface area contributed by atoms with E-state index in [0.717, 1.165) is 5.56 Å². The van der Waals surface area contributed by atoms with Crippen LogP contribution in [-0.4, -0.2) is 13.5 Å². The second-order valence-corrected chi connectivity index (χ2v) is 6.83. The van der Waals surface area contributed by atoms with Crippen molar-refractivity contribution in [2.45, 2.75) is 18.0 Å². The number of hydrogen-bond acceptors (Lipinski definition) is 3. The number of aliphatic hydroxyl groups excluding tert-OH is 1. The molecule has 0 saturated heterocycles. The molecular formula is C14H13Cl2NO3S. The molecule has 2 aromatic carbocycles. The second kappa shape index (κ2) is 6.77. The zero-order valence-corrected chi connectivity index (χ0v) is 13.2. The molecule has 0 aliphatic heterocycles. The minimum Gasteiger partial charge on any atom is -0.392 e. The van der Waals surface area contributed by atoms with E-state index in [9.17, 15) is 13.5 Å². The summed E-state index contributed by atoms with van der Waals surface area (Å²) >= 11 is 11.9. The molecule has 0 aromatic heterocycles. The Hall–Kier alpha value is -1.11. The highest BCUT2D eigenvalue weighted by molar-refractivity contribution is 7.89. The predicted octanol–water partition coefficient (Wildman–Crippen LogP) is 2.96. The molecule has 0 radical (unpaired) electrons. The van der Waals surface area contributed by atoms with Gasteiger partial charge in [0.2, 0.25) is 10.0 Å². The van der Waals surface area contributed by atoms with Gasteiger partial charge in [-0.1, -0.05) is 53.5 Å². The van der Waals surface area contributed by atoms with Crippen molar-refractivity contribution in [3.63, 3.8) is 0 Å². The fraction of sp³-hybridized carbons (Fsp3) is 0.143. The quantitative estimate of drug-likeness (QED) is 0.875. The van der Waals surface area contributed by atoms with Gasteiger partial charge in [-0.2, -0.15) is 0 Å². The summed E-state index contributed by atoms with van der Waals surface area (Å²) in [4.78, 5) is -0.103. The molecule has 0 spiro atoms. The third-order valence-electron chi connectivity index (χ3n) is 2.91. The third-order valence-corrected chi connectivity index (χ3v) is 5.25.